The molecule has 0 fully saturated rings. The molecule has 0 aromatic heterocycles. The minimum Gasteiger partial charge on any atom is -0.299 e. The second-order valence-electron chi connectivity index (χ2n) is 2.63. The topological polar surface area (TPSA) is 40.9 Å². The molecule has 0 atom stereocenters. The highest BCUT2D eigenvalue weighted by molar-refractivity contribution is 5.80. The molecule has 0 saturated heterocycles. The van der Waals surface area contributed by atoms with Crippen LogP contribution in [-0.4, -0.2) is 5.78 Å². The number of hydrogen-bond donors (Lipinski definition) is 0. The summed E-state index contributed by atoms with van der Waals surface area (Å²) in [6.45, 7) is 3.77. The van der Waals surface area contributed by atoms with Crippen molar-refractivity contribution < 1.29 is 4.79 Å². The normalized spacial score (nSPS) is 9.40. The summed E-state index contributed by atoms with van der Waals surface area (Å²) in [7, 11) is 0. The fourth-order valence-electron chi connectivity index (χ4n) is 0.630. The van der Waals surface area contributed by atoms with Crippen molar-refractivity contribution in [3.05, 3.63) is 0 Å². The first kappa shape index (κ1) is 9.16. The van der Waals surface area contributed by atoms with Gasteiger partial charge in [-0.1, -0.05) is 13.8 Å². The van der Waals surface area contributed by atoms with Crippen molar-refractivity contribution in [1.29, 1.82) is 5.26 Å². The van der Waals surface area contributed by atoms with E-state index in [0.717, 1.165) is 0 Å². The zero-order chi connectivity index (χ0) is 7.98. The molecule has 0 radical (unpaired) electrons. The van der Waals surface area contributed by atoms with E-state index in [1.54, 1.807) is 0 Å². The van der Waals surface area contributed by atoms with Crippen molar-refractivity contribution in [2.75, 3.05) is 0 Å². The van der Waals surface area contributed by atoms with Crippen molar-refractivity contribution in [1.82, 2.24) is 0 Å². The standard InChI is InChI=1S/C8H13NO/c1-7(2)8(10)5-3-4-6-9/h7H,3-5H2,1-2H3. The van der Waals surface area contributed by atoms with Crippen LogP contribution in [0.4, 0.5) is 0 Å². The van der Waals surface area contributed by atoms with Gasteiger partial charge >= 0.3 is 0 Å². The molecule has 56 valence electrons. The Labute approximate surface area is 61.8 Å². The lowest BCUT2D eigenvalue weighted by Crippen LogP contribution is -2.05. The molecular weight excluding hydrogens is 126 g/mol. The maximum absolute atomic E-state index is 10.9. The lowest BCUT2D eigenvalue weighted by molar-refractivity contribution is -0.121. The van der Waals surface area contributed by atoms with Gasteiger partial charge in [-0.25, -0.2) is 0 Å². The van der Waals surface area contributed by atoms with Crippen LogP contribution in [-0.2, 0) is 4.79 Å². The largest absolute Gasteiger partial charge is 0.299 e. The molecule has 0 aliphatic rings. The Morgan fingerprint density at radius 2 is 2.20 bits per heavy atom. The van der Waals surface area contributed by atoms with E-state index in [0.29, 0.717) is 19.3 Å². The second-order valence-corrected chi connectivity index (χ2v) is 2.63. The molecule has 0 unspecified atom stereocenters. The Hall–Kier alpha value is -0.840. The van der Waals surface area contributed by atoms with Crippen LogP contribution < -0.4 is 0 Å². The van der Waals surface area contributed by atoms with Gasteiger partial charge in [0.05, 0.1) is 6.07 Å². The highest BCUT2D eigenvalue weighted by Crippen LogP contribution is 2.02. The smallest absolute Gasteiger partial charge is 0.135 e. The number of rotatable bonds is 4. The van der Waals surface area contributed by atoms with Crippen LogP contribution in [0.15, 0.2) is 0 Å². The third-order valence-corrected chi connectivity index (χ3v) is 1.36. The molecule has 2 nitrogen and oxygen atoms in total. The van der Waals surface area contributed by atoms with E-state index in [2.05, 4.69) is 0 Å². The molecule has 2 heteroatoms. The SMILES string of the molecule is CC(C)C(=O)CCCC#N. The molecule has 0 saturated carbocycles. The van der Waals surface area contributed by atoms with Gasteiger partial charge < -0.3 is 0 Å². The minimum absolute atomic E-state index is 0.124. The Kier molecular flexibility index (Phi) is 4.57. The number of nitrogens with zero attached hydrogens (tertiary/aromatic N) is 1. The van der Waals surface area contributed by atoms with E-state index in [9.17, 15) is 4.79 Å². The molecule has 0 spiro atoms. The number of unbranched alkanes of at least 4 members (excludes halogenated alkanes) is 1. The molecule has 10 heavy (non-hydrogen) atoms. The van der Waals surface area contributed by atoms with E-state index >= 15 is 0 Å². The first-order valence-electron chi connectivity index (χ1n) is 3.58. The van der Waals surface area contributed by atoms with Crippen LogP contribution in [0.2, 0.25) is 0 Å². The first-order valence-corrected chi connectivity index (χ1v) is 3.58. The van der Waals surface area contributed by atoms with Gasteiger partial charge in [0.15, 0.2) is 0 Å². The van der Waals surface area contributed by atoms with Gasteiger partial charge in [0.25, 0.3) is 0 Å². The minimum atomic E-state index is 0.124. The summed E-state index contributed by atoms with van der Waals surface area (Å²) in [4.78, 5) is 10.9. The van der Waals surface area contributed by atoms with Gasteiger partial charge in [-0.3, -0.25) is 4.79 Å². The highest BCUT2D eigenvalue weighted by atomic mass is 16.1. The number of Topliss-reactive ketones (excluding diaryl/α,β-unsaturated/α-hetero) is 1. The van der Waals surface area contributed by atoms with Gasteiger partial charge in [-0.2, -0.15) is 5.26 Å². The quantitative estimate of drug-likeness (QED) is 0.558. The number of carbonyl (C=O) groups excluding carboxylic acids is 1. The zero-order valence-corrected chi connectivity index (χ0v) is 6.55. The summed E-state index contributed by atoms with van der Waals surface area (Å²) in [5.41, 5.74) is 0. The molecule has 0 aromatic carbocycles. The Bertz CT molecular complexity index is 144. The predicted molar refractivity (Wildman–Crippen MR) is 39.3 cm³/mol. The van der Waals surface area contributed by atoms with E-state index in [-0.39, 0.29) is 11.7 Å². The summed E-state index contributed by atoms with van der Waals surface area (Å²) in [5, 5.41) is 8.16. The maximum atomic E-state index is 10.9. The Balaban J connectivity index is 3.33. The second kappa shape index (κ2) is 4.99. The highest BCUT2D eigenvalue weighted by Gasteiger charge is 2.05. The summed E-state index contributed by atoms with van der Waals surface area (Å²) < 4.78 is 0. The number of nitriles is 1. The third-order valence-electron chi connectivity index (χ3n) is 1.36. The number of hydrogen-bond acceptors (Lipinski definition) is 2. The van der Waals surface area contributed by atoms with Crippen LogP contribution in [0.3, 0.4) is 0 Å². The zero-order valence-electron chi connectivity index (χ0n) is 6.55. The van der Waals surface area contributed by atoms with E-state index in [1.165, 1.54) is 0 Å². The first-order chi connectivity index (χ1) is 4.68. The Morgan fingerprint density at radius 1 is 1.60 bits per heavy atom. The Morgan fingerprint density at radius 3 is 2.60 bits per heavy atom. The molecule has 0 aliphatic heterocycles. The van der Waals surface area contributed by atoms with Gasteiger partial charge in [-0.05, 0) is 6.42 Å². The van der Waals surface area contributed by atoms with Crippen molar-refractivity contribution in [3.8, 4) is 6.07 Å². The van der Waals surface area contributed by atoms with Gasteiger partial charge in [0, 0.05) is 18.8 Å². The van der Waals surface area contributed by atoms with Crippen molar-refractivity contribution >= 4 is 5.78 Å². The fraction of sp³-hybridized carbons (Fsp3) is 0.750. The molecule has 0 N–H and O–H groups in total. The van der Waals surface area contributed by atoms with Crippen molar-refractivity contribution in [2.24, 2.45) is 5.92 Å². The molecular formula is C8H13NO. The van der Waals surface area contributed by atoms with Gasteiger partial charge in [0.2, 0.25) is 0 Å². The lowest BCUT2D eigenvalue weighted by Gasteiger charge is -1.99. The summed E-state index contributed by atoms with van der Waals surface area (Å²) >= 11 is 0. The molecule has 0 bridgehead atoms. The van der Waals surface area contributed by atoms with E-state index < -0.39 is 0 Å². The lowest BCUT2D eigenvalue weighted by atomic mass is 10.0. The third kappa shape index (κ3) is 4.08. The molecule has 0 heterocycles. The molecule has 0 amide bonds. The van der Waals surface area contributed by atoms with Gasteiger partial charge in [0.1, 0.15) is 5.78 Å². The molecule has 0 rings (SSSR count). The predicted octanol–water partition coefficient (Wildman–Crippen LogP) is 1.91. The van der Waals surface area contributed by atoms with Crippen LogP contribution in [0, 0.1) is 17.2 Å². The van der Waals surface area contributed by atoms with Crippen LogP contribution in [0.5, 0.6) is 0 Å². The summed E-state index contributed by atoms with van der Waals surface area (Å²) in [5.74, 6) is 0.383. The monoisotopic (exact) mass is 139 g/mol. The molecule has 0 aliphatic carbocycles. The van der Waals surface area contributed by atoms with Crippen LogP contribution in [0.25, 0.3) is 0 Å². The van der Waals surface area contributed by atoms with E-state index in [4.69, 9.17) is 5.26 Å². The van der Waals surface area contributed by atoms with E-state index in [1.807, 2.05) is 19.9 Å². The van der Waals surface area contributed by atoms with Crippen LogP contribution in [0.1, 0.15) is 33.1 Å². The summed E-state index contributed by atoms with van der Waals surface area (Å²) in [6, 6.07) is 2.01. The average molecular weight is 139 g/mol. The summed E-state index contributed by atoms with van der Waals surface area (Å²) in [6.07, 6.45) is 1.78. The van der Waals surface area contributed by atoms with Crippen LogP contribution >= 0.6 is 0 Å². The number of ketones is 1. The van der Waals surface area contributed by atoms with Crippen molar-refractivity contribution in [2.45, 2.75) is 33.1 Å². The maximum Gasteiger partial charge on any atom is 0.135 e. The van der Waals surface area contributed by atoms with Gasteiger partial charge in [-0.15, -0.1) is 0 Å². The number of carbonyl (C=O) groups is 1. The fourth-order valence-corrected chi connectivity index (χ4v) is 0.630. The average Bonchev–Trinajstić information content (AvgIpc) is 1.88. The van der Waals surface area contributed by atoms with Crippen molar-refractivity contribution in [3.63, 3.8) is 0 Å². The molecule has 0 aromatic rings.